The fourth-order valence-corrected chi connectivity index (χ4v) is 10.7. The zero-order valence-corrected chi connectivity index (χ0v) is 54.3. The molecule has 1 atom stereocenters. The average molecular weight is 1130 g/mol. The number of unbranched alkanes of at least 4 members (excludes halogenated alkanes) is 45. The van der Waals surface area contributed by atoms with Gasteiger partial charge in [-0.25, -0.2) is 0 Å². The van der Waals surface area contributed by atoms with Crippen LogP contribution < -0.4 is 0 Å². The standard InChI is InChI=1S/C75H136O6/c1-4-7-10-13-16-19-22-25-28-30-31-32-33-34-35-36-37-38-39-40-41-42-43-45-47-50-53-56-59-62-65-68-74(77)80-71-72(70-79-73(76)67-64-61-58-55-52-49-46-27-24-21-18-15-12-9-6-3)81-75(78)69-66-63-60-57-54-51-48-44-29-26-23-20-17-14-11-8-5-2/h9,12,17-18,20-21,26-27,29,46,72H,4-8,10-11,13-16,19,22-25,28,30-45,47-71H2,1-3H3/b12-9-,20-17-,21-18-,29-26-,46-27-. The number of ether oxygens (including phenoxy) is 3. The maximum absolute atomic E-state index is 12.9. The van der Waals surface area contributed by atoms with E-state index in [0.717, 1.165) is 109 Å². The minimum atomic E-state index is -0.786. The molecule has 0 aromatic carbocycles. The fraction of sp³-hybridized carbons (Fsp3) is 0.827. The molecular weight excluding hydrogens is 997 g/mol. The number of esters is 3. The van der Waals surface area contributed by atoms with Crippen LogP contribution in [0, 0.1) is 0 Å². The van der Waals surface area contributed by atoms with Gasteiger partial charge in [-0.1, -0.05) is 338 Å². The van der Waals surface area contributed by atoms with Gasteiger partial charge in [0.1, 0.15) is 13.2 Å². The van der Waals surface area contributed by atoms with Crippen LogP contribution in [0.2, 0.25) is 0 Å². The van der Waals surface area contributed by atoms with E-state index in [1.165, 1.54) is 231 Å². The second-order valence-electron chi connectivity index (χ2n) is 24.1. The normalized spacial score (nSPS) is 12.4. The van der Waals surface area contributed by atoms with Crippen molar-refractivity contribution in [1.82, 2.24) is 0 Å². The summed E-state index contributed by atoms with van der Waals surface area (Å²) in [5.74, 6) is -0.884. The summed E-state index contributed by atoms with van der Waals surface area (Å²) in [5.41, 5.74) is 0. The summed E-state index contributed by atoms with van der Waals surface area (Å²) in [6.45, 7) is 6.54. The molecule has 0 aliphatic carbocycles. The monoisotopic (exact) mass is 1130 g/mol. The first-order chi connectivity index (χ1) is 40.0. The van der Waals surface area contributed by atoms with Gasteiger partial charge in [-0.3, -0.25) is 14.4 Å². The minimum Gasteiger partial charge on any atom is -0.462 e. The highest BCUT2D eigenvalue weighted by Crippen LogP contribution is 2.19. The molecule has 472 valence electrons. The van der Waals surface area contributed by atoms with Crippen molar-refractivity contribution in [2.24, 2.45) is 0 Å². The van der Waals surface area contributed by atoms with E-state index in [2.05, 4.69) is 81.5 Å². The van der Waals surface area contributed by atoms with Gasteiger partial charge in [-0.2, -0.15) is 0 Å². The van der Waals surface area contributed by atoms with Crippen LogP contribution in [0.3, 0.4) is 0 Å². The molecule has 0 aliphatic heterocycles. The van der Waals surface area contributed by atoms with Gasteiger partial charge in [0.15, 0.2) is 6.10 Å². The molecule has 6 heteroatoms. The van der Waals surface area contributed by atoms with Gasteiger partial charge in [0, 0.05) is 19.3 Å². The Hall–Kier alpha value is -2.89. The molecule has 1 unspecified atom stereocenters. The summed E-state index contributed by atoms with van der Waals surface area (Å²) < 4.78 is 17.0. The molecule has 0 aromatic heterocycles. The minimum absolute atomic E-state index is 0.0799. The molecule has 6 nitrogen and oxygen atoms in total. The van der Waals surface area contributed by atoms with Gasteiger partial charge < -0.3 is 14.2 Å². The summed E-state index contributed by atoms with van der Waals surface area (Å²) in [4.78, 5) is 38.4. The van der Waals surface area contributed by atoms with Crippen molar-refractivity contribution in [2.45, 2.75) is 386 Å². The number of hydrogen-bond acceptors (Lipinski definition) is 6. The molecule has 0 aromatic rings. The third kappa shape index (κ3) is 67.8. The zero-order chi connectivity index (χ0) is 58.5. The molecule has 0 fully saturated rings. The van der Waals surface area contributed by atoms with E-state index in [9.17, 15) is 14.4 Å². The highest BCUT2D eigenvalue weighted by atomic mass is 16.6. The highest BCUT2D eigenvalue weighted by molar-refractivity contribution is 5.71. The van der Waals surface area contributed by atoms with Crippen LogP contribution >= 0.6 is 0 Å². The molecule has 0 aliphatic rings. The summed E-state index contributed by atoms with van der Waals surface area (Å²) in [7, 11) is 0. The second kappa shape index (κ2) is 69.6. The number of hydrogen-bond donors (Lipinski definition) is 0. The van der Waals surface area contributed by atoms with Crippen molar-refractivity contribution in [1.29, 1.82) is 0 Å². The Bertz CT molecular complexity index is 1440. The van der Waals surface area contributed by atoms with E-state index in [1.54, 1.807) is 0 Å². The summed E-state index contributed by atoms with van der Waals surface area (Å²) >= 11 is 0. The van der Waals surface area contributed by atoms with Crippen molar-refractivity contribution < 1.29 is 28.6 Å². The second-order valence-corrected chi connectivity index (χ2v) is 24.1. The fourth-order valence-electron chi connectivity index (χ4n) is 10.7. The Balaban J connectivity index is 4.18. The Kier molecular flexibility index (Phi) is 67.1. The number of rotatable bonds is 66. The Morgan fingerprint density at radius 1 is 0.259 bits per heavy atom. The first kappa shape index (κ1) is 78.1. The van der Waals surface area contributed by atoms with E-state index in [1.807, 2.05) is 0 Å². The molecule has 0 bridgehead atoms. The molecule has 0 rings (SSSR count). The lowest BCUT2D eigenvalue weighted by molar-refractivity contribution is -0.167. The van der Waals surface area contributed by atoms with Crippen molar-refractivity contribution in [3.05, 3.63) is 60.8 Å². The predicted molar refractivity (Wildman–Crippen MR) is 353 cm³/mol. The topological polar surface area (TPSA) is 78.9 Å². The van der Waals surface area contributed by atoms with Gasteiger partial charge in [0.05, 0.1) is 0 Å². The van der Waals surface area contributed by atoms with Gasteiger partial charge >= 0.3 is 17.9 Å². The van der Waals surface area contributed by atoms with Gasteiger partial charge in [-0.05, 0) is 83.5 Å². The van der Waals surface area contributed by atoms with Crippen LogP contribution in [0.1, 0.15) is 380 Å². The van der Waals surface area contributed by atoms with Crippen LogP contribution in [0.15, 0.2) is 60.8 Å². The van der Waals surface area contributed by atoms with E-state index in [0.29, 0.717) is 19.3 Å². The maximum Gasteiger partial charge on any atom is 0.306 e. The Morgan fingerprint density at radius 3 is 0.778 bits per heavy atom. The van der Waals surface area contributed by atoms with Crippen molar-refractivity contribution in [2.75, 3.05) is 13.2 Å². The van der Waals surface area contributed by atoms with Crippen LogP contribution in [-0.2, 0) is 28.6 Å². The number of carbonyl (C=O) groups is 3. The van der Waals surface area contributed by atoms with Crippen LogP contribution in [0.25, 0.3) is 0 Å². The molecule has 0 radical (unpaired) electrons. The first-order valence-electron chi connectivity index (χ1n) is 35.8. The quantitative estimate of drug-likeness (QED) is 0.0261. The van der Waals surface area contributed by atoms with E-state index >= 15 is 0 Å². The molecule has 0 amide bonds. The van der Waals surface area contributed by atoms with Crippen LogP contribution in [0.4, 0.5) is 0 Å². The van der Waals surface area contributed by atoms with Crippen LogP contribution in [-0.4, -0.2) is 37.2 Å². The summed E-state index contributed by atoms with van der Waals surface area (Å²) in [6, 6.07) is 0. The third-order valence-corrected chi connectivity index (χ3v) is 16.0. The predicted octanol–water partition coefficient (Wildman–Crippen LogP) is 24.7. The van der Waals surface area contributed by atoms with Crippen LogP contribution in [0.5, 0.6) is 0 Å². The third-order valence-electron chi connectivity index (χ3n) is 16.0. The molecule has 81 heavy (non-hydrogen) atoms. The van der Waals surface area contributed by atoms with Gasteiger partial charge in [0.25, 0.3) is 0 Å². The SMILES string of the molecule is CC/C=C\C/C=C\C/C=C\CCCCCCCC(=O)OCC(COC(=O)CCCCCCCCCCCCCCCCCCCCCCCCCCCCCCCCC)OC(=O)CCCCCCCCC/C=C\C/C=C\CCCCC. The van der Waals surface area contributed by atoms with Crippen molar-refractivity contribution >= 4 is 17.9 Å². The molecule has 0 spiro atoms. The smallest absolute Gasteiger partial charge is 0.306 e. The summed E-state index contributed by atoms with van der Waals surface area (Å²) in [6.07, 6.45) is 89.8. The lowest BCUT2D eigenvalue weighted by Crippen LogP contribution is -2.30. The van der Waals surface area contributed by atoms with Gasteiger partial charge in [0.2, 0.25) is 0 Å². The average Bonchev–Trinajstić information content (AvgIpc) is 3.47. The molecule has 0 N–H and O–H groups in total. The van der Waals surface area contributed by atoms with Gasteiger partial charge in [-0.15, -0.1) is 0 Å². The highest BCUT2D eigenvalue weighted by Gasteiger charge is 2.19. The largest absolute Gasteiger partial charge is 0.462 e. The lowest BCUT2D eigenvalue weighted by atomic mass is 10.0. The lowest BCUT2D eigenvalue weighted by Gasteiger charge is -2.18. The number of allylic oxidation sites excluding steroid dienone is 10. The molecule has 0 saturated heterocycles. The Morgan fingerprint density at radius 2 is 0.481 bits per heavy atom. The van der Waals surface area contributed by atoms with E-state index in [4.69, 9.17) is 14.2 Å². The summed E-state index contributed by atoms with van der Waals surface area (Å²) in [5, 5.41) is 0. The molecular formula is C75H136O6. The maximum atomic E-state index is 12.9. The van der Waals surface area contributed by atoms with Crippen molar-refractivity contribution in [3.8, 4) is 0 Å². The molecule has 0 saturated carbocycles. The zero-order valence-electron chi connectivity index (χ0n) is 54.3. The Labute approximate surface area is 504 Å². The molecule has 0 heterocycles. The van der Waals surface area contributed by atoms with Crippen molar-refractivity contribution in [3.63, 3.8) is 0 Å². The number of carbonyl (C=O) groups excluding carboxylic acids is 3. The van der Waals surface area contributed by atoms with E-state index < -0.39 is 6.10 Å². The first-order valence-corrected chi connectivity index (χ1v) is 35.8. The van der Waals surface area contributed by atoms with E-state index in [-0.39, 0.29) is 31.1 Å².